The summed E-state index contributed by atoms with van der Waals surface area (Å²) in [5.41, 5.74) is 11.2. The van der Waals surface area contributed by atoms with Gasteiger partial charge in [0, 0.05) is 34.8 Å². The van der Waals surface area contributed by atoms with E-state index >= 15 is 0 Å². The first-order valence-electron chi connectivity index (χ1n) is 6.28. The van der Waals surface area contributed by atoms with Gasteiger partial charge in [-0.1, -0.05) is 6.42 Å². The minimum Gasteiger partial charge on any atom is -0.480 e. The number of hydrogen-bond donors (Lipinski definition) is 3. The van der Waals surface area contributed by atoms with Crippen LogP contribution in [0.4, 0.5) is 0 Å². The van der Waals surface area contributed by atoms with E-state index in [1.54, 1.807) is 11.8 Å². The molecular weight excluding hydrogens is 413 g/mol. The fourth-order valence-electron chi connectivity index (χ4n) is 1.38. The normalized spacial score (nSPS) is 14.2. The summed E-state index contributed by atoms with van der Waals surface area (Å²) in [6, 6.07) is -1.26. The average molecular weight is 435 g/mol. The Morgan fingerprint density at radius 3 is 2.50 bits per heavy atom. The quantitative estimate of drug-likeness (QED) is 0.194. The molecule has 0 rings (SSSR count). The maximum atomic E-state index is 11.9. The van der Waals surface area contributed by atoms with Crippen molar-refractivity contribution in [3.05, 3.63) is 0 Å². The van der Waals surface area contributed by atoms with Crippen LogP contribution in [-0.2, 0) is 9.59 Å². The summed E-state index contributed by atoms with van der Waals surface area (Å²) in [5, 5.41) is 8.97. The zero-order chi connectivity index (χ0) is 15.5. The van der Waals surface area contributed by atoms with Crippen LogP contribution in [0.5, 0.6) is 0 Å². The maximum Gasteiger partial charge on any atom is 0.322 e. The summed E-state index contributed by atoms with van der Waals surface area (Å²) >= 11 is 4.33. The number of nitrogens with two attached hydrogens (primary N) is 2. The van der Waals surface area contributed by atoms with E-state index in [9.17, 15) is 9.59 Å². The van der Waals surface area contributed by atoms with Crippen molar-refractivity contribution < 1.29 is 14.7 Å². The molecule has 0 aromatic rings. The smallest absolute Gasteiger partial charge is 0.322 e. The van der Waals surface area contributed by atoms with Gasteiger partial charge in [0.25, 0.3) is 0 Å². The van der Waals surface area contributed by atoms with E-state index in [0.717, 1.165) is 30.5 Å². The number of carboxylic acid groups (broad SMARTS) is 1. The van der Waals surface area contributed by atoms with E-state index in [0.29, 0.717) is 19.4 Å². The summed E-state index contributed by atoms with van der Waals surface area (Å²) in [4.78, 5) is 23.1. The molecule has 0 saturated carbocycles. The topological polar surface area (TPSA) is 110 Å². The molecule has 2 atom stereocenters. The minimum atomic E-state index is -0.926. The Bertz CT molecular complexity index is 311. The van der Waals surface area contributed by atoms with Gasteiger partial charge in [-0.05, 0) is 37.8 Å². The van der Waals surface area contributed by atoms with Gasteiger partial charge >= 0.3 is 5.97 Å². The number of rotatable bonds is 11. The molecule has 0 spiro atoms. The van der Waals surface area contributed by atoms with E-state index in [1.807, 2.05) is 29.1 Å². The van der Waals surface area contributed by atoms with Gasteiger partial charge in [0.05, 0.1) is 6.04 Å². The molecule has 0 fully saturated rings. The lowest BCUT2D eigenvalue weighted by Gasteiger charge is -2.21. The SMILES string of the molecule is CSCC[C@@H](C(=O)O)N(I)SC(=O)[C@@H](N)CCCCN. The molecule has 0 aromatic heterocycles. The highest BCUT2D eigenvalue weighted by atomic mass is 127. The highest BCUT2D eigenvalue weighted by molar-refractivity contribution is 14.1. The Balaban J connectivity index is 4.28. The number of carbonyl (C=O) groups is 2. The van der Waals surface area contributed by atoms with Gasteiger partial charge in [-0.3, -0.25) is 9.59 Å². The van der Waals surface area contributed by atoms with Crippen LogP contribution in [0.3, 0.4) is 0 Å². The molecule has 0 saturated heterocycles. The Labute approximate surface area is 142 Å². The third-order valence-electron chi connectivity index (χ3n) is 2.57. The Kier molecular flexibility index (Phi) is 12.3. The Hall–Kier alpha value is 0.450. The first-order valence-corrected chi connectivity index (χ1v) is 9.41. The number of thioether (sulfide) groups is 1. The van der Waals surface area contributed by atoms with Crippen LogP contribution in [0.25, 0.3) is 0 Å². The third kappa shape index (κ3) is 8.67. The highest BCUT2D eigenvalue weighted by Gasteiger charge is 2.27. The number of nitrogens with zero attached hydrogens (tertiary/aromatic N) is 1. The van der Waals surface area contributed by atoms with Gasteiger partial charge in [-0.15, -0.1) is 0 Å². The van der Waals surface area contributed by atoms with Crippen molar-refractivity contribution in [3.8, 4) is 0 Å². The van der Waals surface area contributed by atoms with E-state index < -0.39 is 18.1 Å². The fraction of sp³-hybridized carbons (Fsp3) is 0.818. The van der Waals surface area contributed by atoms with Gasteiger partial charge in [-0.25, -0.2) is 0 Å². The summed E-state index contributed by atoms with van der Waals surface area (Å²) in [6.07, 6.45) is 4.63. The van der Waals surface area contributed by atoms with E-state index in [1.165, 1.54) is 2.52 Å². The molecule has 0 aliphatic rings. The molecule has 0 radical (unpaired) electrons. The van der Waals surface area contributed by atoms with Gasteiger partial charge in [0.1, 0.15) is 6.04 Å². The van der Waals surface area contributed by atoms with Crippen molar-refractivity contribution in [1.82, 2.24) is 2.52 Å². The molecule has 0 bridgehead atoms. The second-order valence-electron chi connectivity index (χ2n) is 4.21. The van der Waals surface area contributed by atoms with Crippen molar-refractivity contribution in [3.63, 3.8) is 0 Å². The van der Waals surface area contributed by atoms with Gasteiger partial charge < -0.3 is 16.6 Å². The first kappa shape index (κ1) is 20.5. The van der Waals surface area contributed by atoms with Gasteiger partial charge in [0.2, 0.25) is 5.12 Å². The lowest BCUT2D eigenvalue weighted by atomic mass is 10.1. The van der Waals surface area contributed by atoms with Crippen molar-refractivity contribution >= 4 is 57.7 Å². The molecular formula is C11H22IN3O3S2. The van der Waals surface area contributed by atoms with Crippen LogP contribution in [0, 0.1) is 0 Å². The number of carbonyl (C=O) groups excluding carboxylic acids is 1. The third-order valence-corrected chi connectivity index (χ3v) is 5.39. The van der Waals surface area contributed by atoms with Gasteiger partial charge in [0.15, 0.2) is 0 Å². The predicted molar refractivity (Wildman–Crippen MR) is 93.8 cm³/mol. The molecule has 0 amide bonds. The van der Waals surface area contributed by atoms with Crippen LogP contribution >= 0.6 is 46.6 Å². The highest BCUT2D eigenvalue weighted by Crippen LogP contribution is 2.25. The lowest BCUT2D eigenvalue weighted by Crippen LogP contribution is -2.35. The molecule has 118 valence electrons. The second-order valence-corrected chi connectivity index (χ2v) is 7.87. The predicted octanol–water partition coefficient (Wildman–Crippen LogP) is 1.48. The second kappa shape index (κ2) is 12.0. The zero-order valence-corrected chi connectivity index (χ0v) is 15.2. The summed E-state index contributed by atoms with van der Waals surface area (Å²) < 4.78 is 1.46. The minimum absolute atomic E-state index is 0.202. The molecule has 0 aromatic carbocycles. The van der Waals surface area contributed by atoms with E-state index in [4.69, 9.17) is 16.6 Å². The largest absolute Gasteiger partial charge is 0.480 e. The standard InChI is InChI=1S/C11H22IN3O3S2/c1-19-7-5-9(10(16)17)15(12)20-11(18)8(14)4-2-3-6-13/h8-9H,2-7,13-14H2,1H3,(H,16,17)/t8-,9-/m0/s1. The monoisotopic (exact) mass is 435 g/mol. The number of unbranched alkanes of at least 4 members (excludes halogenated alkanes) is 1. The van der Waals surface area contributed by atoms with Crippen molar-refractivity contribution in [2.24, 2.45) is 11.5 Å². The molecule has 6 nitrogen and oxygen atoms in total. The molecule has 9 heteroatoms. The fourth-order valence-corrected chi connectivity index (χ4v) is 3.69. The number of aliphatic carboxylic acids is 1. The van der Waals surface area contributed by atoms with E-state index in [-0.39, 0.29) is 5.12 Å². The van der Waals surface area contributed by atoms with Crippen molar-refractivity contribution in [1.29, 1.82) is 0 Å². The number of carboxylic acids is 1. The Morgan fingerprint density at radius 2 is 2.00 bits per heavy atom. The van der Waals surface area contributed by atoms with Crippen LogP contribution in [0.2, 0.25) is 0 Å². The summed E-state index contributed by atoms with van der Waals surface area (Å²) in [7, 11) is 0. The molecule has 20 heavy (non-hydrogen) atoms. The summed E-state index contributed by atoms with van der Waals surface area (Å²) in [5.74, 6) is -0.196. The van der Waals surface area contributed by atoms with Crippen molar-refractivity contribution in [2.75, 3.05) is 18.6 Å². The van der Waals surface area contributed by atoms with Crippen LogP contribution in [-0.4, -0.2) is 49.3 Å². The van der Waals surface area contributed by atoms with Crippen molar-refractivity contribution in [2.45, 2.75) is 37.8 Å². The zero-order valence-electron chi connectivity index (χ0n) is 11.5. The molecule has 0 aliphatic heterocycles. The lowest BCUT2D eigenvalue weighted by molar-refractivity contribution is -0.139. The number of hydrogen-bond acceptors (Lipinski definition) is 7. The first-order chi connectivity index (χ1) is 9.43. The van der Waals surface area contributed by atoms with Gasteiger partial charge in [-0.2, -0.15) is 14.3 Å². The summed E-state index contributed by atoms with van der Waals surface area (Å²) in [6.45, 7) is 0.586. The van der Waals surface area contributed by atoms with Crippen LogP contribution in [0.15, 0.2) is 0 Å². The molecule has 0 unspecified atom stereocenters. The molecule has 5 N–H and O–H groups in total. The molecule has 0 aliphatic carbocycles. The van der Waals surface area contributed by atoms with Crippen LogP contribution in [0.1, 0.15) is 25.7 Å². The number of halogens is 1. The average Bonchev–Trinajstić information content (AvgIpc) is 2.38. The maximum absolute atomic E-state index is 11.9. The Morgan fingerprint density at radius 1 is 1.35 bits per heavy atom. The van der Waals surface area contributed by atoms with E-state index in [2.05, 4.69) is 0 Å². The van der Waals surface area contributed by atoms with Crippen LogP contribution < -0.4 is 11.5 Å². The molecule has 0 heterocycles.